The van der Waals surface area contributed by atoms with Crippen LogP contribution in [0.2, 0.25) is 0 Å². The molecule has 9 heteroatoms. The summed E-state index contributed by atoms with van der Waals surface area (Å²) >= 11 is 0. The number of amides is 1. The Kier molecular flexibility index (Phi) is 51.5. The summed E-state index contributed by atoms with van der Waals surface area (Å²) < 4.78 is 11.3. The predicted octanol–water partition coefficient (Wildman–Crippen LogP) is 16.6. The molecule has 7 atom stereocenters. The minimum absolute atomic E-state index is 0.131. The summed E-state index contributed by atoms with van der Waals surface area (Å²) in [6.45, 7) is 3.88. The van der Waals surface area contributed by atoms with E-state index in [9.17, 15) is 30.3 Å². The molecule has 1 saturated heterocycles. The van der Waals surface area contributed by atoms with E-state index in [1.54, 1.807) is 0 Å². The molecule has 6 N–H and O–H groups in total. The molecule has 0 aromatic heterocycles. The molecule has 430 valence electrons. The summed E-state index contributed by atoms with van der Waals surface area (Å²) in [7, 11) is 0. The third kappa shape index (κ3) is 42.3. The van der Waals surface area contributed by atoms with Gasteiger partial charge in [-0.1, -0.05) is 322 Å². The molecule has 0 aromatic rings. The first kappa shape index (κ1) is 69.2. The maximum absolute atomic E-state index is 13.1. The average molecular weight is 1020 g/mol. The van der Waals surface area contributed by atoms with Crippen LogP contribution in [-0.4, -0.2) is 87.5 Å². The van der Waals surface area contributed by atoms with E-state index in [2.05, 4.69) is 19.2 Å². The zero-order valence-electron chi connectivity index (χ0n) is 48.0. The monoisotopic (exact) mass is 1020 g/mol. The molecule has 72 heavy (non-hydrogen) atoms. The molecule has 0 aromatic carbocycles. The van der Waals surface area contributed by atoms with E-state index >= 15 is 0 Å². The van der Waals surface area contributed by atoms with Crippen LogP contribution in [0.15, 0.2) is 0 Å². The highest BCUT2D eigenvalue weighted by Crippen LogP contribution is 2.24. The Morgan fingerprint density at radius 3 is 0.986 bits per heavy atom. The Morgan fingerprint density at radius 2 is 0.694 bits per heavy atom. The standard InChI is InChI=1S/C63H125NO8/c1-3-5-7-9-11-13-15-17-19-20-21-22-23-24-25-26-27-28-29-30-31-32-33-34-35-36-37-38-39-41-43-45-47-49-51-53-59(67)64-56(55-71-63-62(70)61(69)60(68)58(54-65)72-63)57(66)52-50-48-46-44-42-40-18-16-14-12-10-8-6-4-2/h56-58,60-63,65-66,68-70H,3-55H2,1-2H3,(H,64,67)/t56-,57+,58+,60+,61?,62?,63+/m0/s1. The van der Waals surface area contributed by atoms with Crippen molar-refractivity contribution in [3.05, 3.63) is 0 Å². The number of carbonyl (C=O) groups excluding carboxylic acids is 1. The second-order valence-electron chi connectivity index (χ2n) is 22.9. The molecule has 1 amide bonds. The van der Waals surface area contributed by atoms with Crippen molar-refractivity contribution in [1.29, 1.82) is 0 Å². The van der Waals surface area contributed by atoms with Crippen LogP contribution in [0.5, 0.6) is 0 Å². The number of hydrogen-bond donors (Lipinski definition) is 6. The maximum atomic E-state index is 13.1. The lowest BCUT2D eigenvalue weighted by Crippen LogP contribution is -2.60. The zero-order valence-corrected chi connectivity index (χ0v) is 48.0. The largest absolute Gasteiger partial charge is 0.394 e. The zero-order chi connectivity index (χ0) is 52.2. The molecule has 1 aliphatic rings. The fraction of sp³-hybridized carbons (Fsp3) is 0.984. The number of aliphatic hydroxyl groups is 5. The van der Waals surface area contributed by atoms with E-state index in [4.69, 9.17) is 9.47 Å². The highest BCUT2D eigenvalue weighted by Gasteiger charge is 2.44. The third-order valence-electron chi connectivity index (χ3n) is 16.0. The van der Waals surface area contributed by atoms with Crippen molar-refractivity contribution in [3.63, 3.8) is 0 Å². The van der Waals surface area contributed by atoms with Gasteiger partial charge in [-0.25, -0.2) is 0 Å². The second kappa shape index (κ2) is 53.6. The fourth-order valence-corrected chi connectivity index (χ4v) is 10.9. The number of carbonyl (C=O) groups is 1. The van der Waals surface area contributed by atoms with Crippen LogP contribution in [0.3, 0.4) is 0 Å². The van der Waals surface area contributed by atoms with Crippen LogP contribution in [0, 0.1) is 0 Å². The Balaban J connectivity index is 2.04. The molecule has 2 unspecified atom stereocenters. The summed E-state index contributed by atoms with van der Waals surface area (Å²) in [6, 6.07) is -0.713. The number of unbranched alkanes of at least 4 members (excludes halogenated alkanes) is 47. The number of nitrogens with one attached hydrogen (secondary N) is 1. The van der Waals surface area contributed by atoms with Crippen LogP contribution < -0.4 is 5.32 Å². The second-order valence-corrected chi connectivity index (χ2v) is 22.9. The van der Waals surface area contributed by atoms with Crippen molar-refractivity contribution >= 4 is 5.91 Å². The first-order valence-corrected chi connectivity index (χ1v) is 32.2. The Labute approximate surface area is 446 Å². The van der Waals surface area contributed by atoms with Gasteiger partial charge in [0.15, 0.2) is 6.29 Å². The van der Waals surface area contributed by atoms with Crippen molar-refractivity contribution in [2.75, 3.05) is 13.2 Å². The number of ether oxygens (including phenoxy) is 2. The van der Waals surface area contributed by atoms with Gasteiger partial charge in [-0.05, 0) is 12.8 Å². The lowest BCUT2D eigenvalue weighted by molar-refractivity contribution is -0.302. The lowest BCUT2D eigenvalue weighted by Gasteiger charge is -2.40. The Morgan fingerprint density at radius 1 is 0.417 bits per heavy atom. The normalized spacial score (nSPS) is 19.0. The summed E-state index contributed by atoms with van der Waals surface area (Å²) in [5.74, 6) is -0.136. The van der Waals surface area contributed by atoms with Crippen LogP contribution in [0.1, 0.15) is 341 Å². The van der Waals surface area contributed by atoms with Gasteiger partial charge in [-0.3, -0.25) is 4.79 Å². The van der Waals surface area contributed by atoms with Crippen LogP contribution >= 0.6 is 0 Å². The molecule has 1 aliphatic heterocycles. The molecule has 1 fully saturated rings. The third-order valence-corrected chi connectivity index (χ3v) is 16.0. The van der Waals surface area contributed by atoms with Gasteiger partial charge in [-0.15, -0.1) is 0 Å². The van der Waals surface area contributed by atoms with Gasteiger partial charge in [0, 0.05) is 6.42 Å². The van der Waals surface area contributed by atoms with Crippen LogP contribution in [0.4, 0.5) is 0 Å². The molecule has 0 saturated carbocycles. The highest BCUT2D eigenvalue weighted by molar-refractivity contribution is 5.76. The van der Waals surface area contributed by atoms with Gasteiger partial charge in [0.05, 0.1) is 25.4 Å². The van der Waals surface area contributed by atoms with E-state index in [1.807, 2.05) is 0 Å². The first-order valence-electron chi connectivity index (χ1n) is 32.2. The SMILES string of the molecule is CCCCCCCCCCCCCCCCCCCCCCCCCCCCCCCCCCCCCC(=O)N[C@@H](CO[C@@H]1O[C@H](CO)[C@@H](O)C(O)C1O)[C@H](O)CCCCCCCCCCCCCCCC. The molecule has 0 aliphatic carbocycles. The van der Waals surface area contributed by atoms with Crippen LogP contribution in [0.25, 0.3) is 0 Å². The molecular weight excluding hydrogens is 899 g/mol. The lowest BCUT2D eigenvalue weighted by atomic mass is 9.99. The summed E-state index contributed by atoms with van der Waals surface area (Å²) in [4.78, 5) is 13.1. The quantitative estimate of drug-likeness (QED) is 0.0330. The van der Waals surface area contributed by atoms with Gasteiger partial charge in [0.2, 0.25) is 5.91 Å². The molecule has 1 heterocycles. The van der Waals surface area contributed by atoms with Gasteiger partial charge in [0.1, 0.15) is 24.4 Å². The van der Waals surface area contributed by atoms with Gasteiger partial charge >= 0.3 is 0 Å². The maximum Gasteiger partial charge on any atom is 0.220 e. The molecule has 0 radical (unpaired) electrons. The molecule has 0 spiro atoms. The van der Waals surface area contributed by atoms with Crippen molar-refractivity contribution in [3.8, 4) is 0 Å². The summed E-state index contributed by atoms with van der Waals surface area (Å²) in [6.07, 6.45) is 58.9. The van der Waals surface area contributed by atoms with Gasteiger partial charge in [-0.2, -0.15) is 0 Å². The van der Waals surface area contributed by atoms with E-state index in [0.29, 0.717) is 12.8 Å². The minimum atomic E-state index is -1.55. The predicted molar refractivity (Wildman–Crippen MR) is 304 cm³/mol. The number of rotatable bonds is 57. The van der Waals surface area contributed by atoms with Crippen molar-refractivity contribution in [1.82, 2.24) is 5.32 Å². The van der Waals surface area contributed by atoms with E-state index in [-0.39, 0.29) is 12.5 Å². The van der Waals surface area contributed by atoms with Crippen LogP contribution in [-0.2, 0) is 14.3 Å². The minimum Gasteiger partial charge on any atom is -0.394 e. The smallest absolute Gasteiger partial charge is 0.220 e. The van der Waals surface area contributed by atoms with Gasteiger partial charge in [0.25, 0.3) is 0 Å². The summed E-state index contributed by atoms with van der Waals surface area (Å²) in [5, 5.41) is 54.7. The molecule has 0 bridgehead atoms. The van der Waals surface area contributed by atoms with E-state index in [1.165, 1.54) is 276 Å². The number of hydrogen-bond acceptors (Lipinski definition) is 8. The number of aliphatic hydroxyl groups excluding tert-OH is 5. The molecule has 1 rings (SSSR count). The molecule has 9 nitrogen and oxygen atoms in total. The van der Waals surface area contributed by atoms with Gasteiger partial charge < -0.3 is 40.3 Å². The fourth-order valence-electron chi connectivity index (χ4n) is 10.9. The topological polar surface area (TPSA) is 149 Å². The summed E-state index contributed by atoms with van der Waals surface area (Å²) in [5.41, 5.74) is 0. The Bertz CT molecular complexity index is 1100. The first-order chi connectivity index (χ1) is 35.3. The van der Waals surface area contributed by atoms with E-state index < -0.39 is 49.5 Å². The highest BCUT2D eigenvalue weighted by atomic mass is 16.7. The van der Waals surface area contributed by atoms with Crippen molar-refractivity contribution in [2.24, 2.45) is 0 Å². The van der Waals surface area contributed by atoms with E-state index in [0.717, 1.165) is 38.5 Å². The van der Waals surface area contributed by atoms with Crippen molar-refractivity contribution < 1.29 is 39.8 Å². The molecular formula is C63H125NO8. The Hall–Kier alpha value is -0.810. The van der Waals surface area contributed by atoms with Crippen molar-refractivity contribution in [2.45, 2.75) is 384 Å². The average Bonchev–Trinajstić information content (AvgIpc) is 3.38.